The number of piperidine rings is 1. The van der Waals surface area contributed by atoms with Crippen LogP contribution in [0.4, 0.5) is 5.82 Å². The highest BCUT2D eigenvalue weighted by Crippen LogP contribution is 2.24. The molecule has 0 spiro atoms. The van der Waals surface area contributed by atoms with Gasteiger partial charge in [0.05, 0.1) is 17.5 Å². The first-order chi connectivity index (χ1) is 10.6. The molecule has 0 aromatic carbocycles. The summed E-state index contributed by atoms with van der Waals surface area (Å²) >= 11 is 0. The average molecular weight is 299 g/mol. The van der Waals surface area contributed by atoms with Gasteiger partial charge in [-0.1, -0.05) is 0 Å². The molecule has 2 aromatic heterocycles. The number of carbonyl (C=O) groups is 1. The Morgan fingerprint density at radius 1 is 1.27 bits per heavy atom. The van der Waals surface area contributed by atoms with Gasteiger partial charge in [-0.25, -0.2) is 14.6 Å². The van der Waals surface area contributed by atoms with E-state index in [2.05, 4.69) is 26.9 Å². The summed E-state index contributed by atoms with van der Waals surface area (Å²) in [5.74, 6) is 1.65. The molecule has 1 aliphatic heterocycles. The molecule has 6 heteroatoms. The van der Waals surface area contributed by atoms with Crippen molar-refractivity contribution in [2.24, 2.45) is 0 Å². The minimum Gasteiger partial charge on any atom is -0.354 e. The molecule has 0 saturated carbocycles. The molecule has 0 aliphatic carbocycles. The lowest BCUT2D eigenvalue weighted by atomic mass is 10.0. The summed E-state index contributed by atoms with van der Waals surface area (Å²) < 4.78 is 1.70. The summed E-state index contributed by atoms with van der Waals surface area (Å²) in [5.41, 5.74) is 1.44. The second kappa shape index (κ2) is 5.87. The summed E-state index contributed by atoms with van der Waals surface area (Å²) in [4.78, 5) is 22.6. The number of hydrogen-bond acceptors (Lipinski definition) is 5. The average Bonchev–Trinajstić information content (AvgIpc) is 2.90. The minimum atomic E-state index is 0.0164. The fraction of sp³-hybridized carbons (Fsp3) is 0.500. The minimum absolute atomic E-state index is 0.0164. The topological polar surface area (TPSA) is 63.9 Å². The van der Waals surface area contributed by atoms with Gasteiger partial charge in [0, 0.05) is 18.7 Å². The van der Waals surface area contributed by atoms with Gasteiger partial charge in [0.2, 0.25) is 0 Å². The van der Waals surface area contributed by atoms with Crippen LogP contribution in [0.2, 0.25) is 0 Å². The van der Waals surface area contributed by atoms with E-state index in [0.29, 0.717) is 17.4 Å². The number of hydrogen-bond donors (Lipinski definition) is 0. The van der Waals surface area contributed by atoms with Crippen LogP contribution in [-0.2, 0) is 0 Å². The van der Waals surface area contributed by atoms with E-state index >= 15 is 0 Å². The van der Waals surface area contributed by atoms with Crippen molar-refractivity contribution in [3.63, 3.8) is 0 Å². The molecule has 3 heterocycles. The number of Topliss-reactive ketones (excluding diaryl/α,β-unsaturated/α-hetero) is 1. The molecule has 22 heavy (non-hydrogen) atoms. The van der Waals surface area contributed by atoms with Crippen molar-refractivity contribution in [3.05, 3.63) is 29.8 Å². The van der Waals surface area contributed by atoms with Gasteiger partial charge in [-0.05, 0) is 40.0 Å². The molecule has 0 amide bonds. The maximum atomic E-state index is 11.6. The Morgan fingerprint density at radius 3 is 2.73 bits per heavy atom. The molecule has 1 aliphatic rings. The zero-order valence-electron chi connectivity index (χ0n) is 13.3. The molecule has 6 nitrogen and oxygen atoms in total. The van der Waals surface area contributed by atoms with Crippen LogP contribution in [0.5, 0.6) is 0 Å². The molecule has 0 unspecified atom stereocenters. The van der Waals surface area contributed by atoms with E-state index in [1.807, 2.05) is 13.0 Å². The molecule has 3 rings (SSSR count). The molecule has 0 N–H and O–H groups in total. The van der Waals surface area contributed by atoms with Gasteiger partial charge in [0.15, 0.2) is 11.6 Å². The van der Waals surface area contributed by atoms with Crippen LogP contribution in [0.15, 0.2) is 18.6 Å². The largest absolute Gasteiger partial charge is 0.354 e. The predicted molar refractivity (Wildman–Crippen MR) is 84.6 cm³/mol. The molecule has 1 atom stereocenters. The lowest BCUT2D eigenvalue weighted by Gasteiger charge is -2.34. The van der Waals surface area contributed by atoms with Crippen LogP contribution in [0.3, 0.4) is 0 Å². The van der Waals surface area contributed by atoms with Crippen molar-refractivity contribution < 1.29 is 4.79 Å². The van der Waals surface area contributed by atoms with Gasteiger partial charge in [0.1, 0.15) is 12.1 Å². The monoisotopic (exact) mass is 299 g/mol. The first-order valence-electron chi connectivity index (χ1n) is 7.72. The molecule has 1 saturated heterocycles. The van der Waals surface area contributed by atoms with Crippen LogP contribution in [-0.4, -0.2) is 38.1 Å². The maximum absolute atomic E-state index is 11.6. The molecule has 1 fully saturated rings. The Morgan fingerprint density at radius 2 is 2.05 bits per heavy atom. The lowest BCUT2D eigenvalue weighted by molar-refractivity contribution is 0.101. The van der Waals surface area contributed by atoms with Crippen LogP contribution >= 0.6 is 0 Å². The first-order valence-corrected chi connectivity index (χ1v) is 7.72. The Labute approximate surface area is 130 Å². The Kier molecular flexibility index (Phi) is 3.92. The highest BCUT2D eigenvalue weighted by atomic mass is 16.1. The van der Waals surface area contributed by atoms with Crippen LogP contribution in [0, 0.1) is 6.92 Å². The fourth-order valence-corrected chi connectivity index (χ4v) is 3.03. The summed E-state index contributed by atoms with van der Waals surface area (Å²) in [5, 5.41) is 4.30. The number of carbonyl (C=O) groups excluding carboxylic acids is 1. The smallest absolute Gasteiger partial charge is 0.163 e. The third-order valence-electron chi connectivity index (χ3n) is 4.34. The van der Waals surface area contributed by atoms with Gasteiger partial charge >= 0.3 is 0 Å². The second-order valence-corrected chi connectivity index (χ2v) is 5.88. The summed E-state index contributed by atoms with van der Waals surface area (Å²) in [7, 11) is 0. The molecule has 0 radical (unpaired) electrons. The molecule has 116 valence electrons. The highest BCUT2D eigenvalue weighted by Gasteiger charge is 2.21. The SMILES string of the molecule is CC(=O)c1cnn(-c2cc(N3CCCC[C@@H]3C)ncn2)c1C. The molecular formula is C16H21N5O. The lowest BCUT2D eigenvalue weighted by Crippen LogP contribution is -2.38. The fourth-order valence-electron chi connectivity index (χ4n) is 3.03. The van der Waals surface area contributed by atoms with Gasteiger partial charge in [-0.3, -0.25) is 4.79 Å². The quantitative estimate of drug-likeness (QED) is 0.815. The Balaban J connectivity index is 1.96. The van der Waals surface area contributed by atoms with Crippen LogP contribution < -0.4 is 4.90 Å². The number of nitrogens with zero attached hydrogens (tertiary/aromatic N) is 5. The predicted octanol–water partition coefficient (Wildman–Crippen LogP) is 2.55. The van der Waals surface area contributed by atoms with Crippen LogP contribution in [0.1, 0.15) is 49.2 Å². The summed E-state index contributed by atoms with van der Waals surface area (Å²) in [6.07, 6.45) is 6.83. The van der Waals surface area contributed by atoms with Crippen LogP contribution in [0.25, 0.3) is 5.82 Å². The van der Waals surface area contributed by atoms with E-state index in [9.17, 15) is 4.79 Å². The van der Waals surface area contributed by atoms with E-state index in [-0.39, 0.29) is 5.78 Å². The number of aromatic nitrogens is 4. The Bertz CT molecular complexity index is 694. The van der Waals surface area contributed by atoms with Crippen molar-refractivity contribution in [3.8, 4) is 5.82 Å². The number of rotatable bonds is 3. The second-order valence-electron chi connectivity index (χ2n) is 5.88. The zero-order valence-corrected chi connectivity index (χ0v) is 13.3. The first kappa shape index (κ1) is 14.7. The molecule has 0 bridgehead atoms. The summed E-state index contributed by atoms with van der Waals surface area (Å²) in [6, 6.07) is 2.44. The van der Waals surface area contributed by atoms with Gasteiger partial charge in [-0.15, -0.1) is 0 Å². The van der Waals surface area contributed by atoms with Crippen molar-refractivity contribution in [2.45, 2.75) is 46.1 Å². The van der Waals surface area contributed by atoms with Crippen molar-refractivity contribution >= 4 is 11.6 Å². The third-order valence-corrected chi connectivity index (χ3v) is 4.34. The summed E-state index contributed by atoms with van der Waals surface area (Å²) in [6.45, 7) is 6.69. The zero-order chi connectivity index (χ0) is 15.7. The third kappa shape index (κ3) is 2.61. The van der Waals surface area contributed by atoms with Gasteiger partial charge < -0.3 is 4.90 Å². The maximum Gasteiger partial charge on any atom is 0.163 e. The normalized spacial score (nSPS) is 18.5. The van der Waals surface area contributed by atoms with Crippen molar-refractivity contribution in [2.75, 3.05) is 11.4 Å². The van der Waals surface area contributed by atoms with E-state index in [1.54, 1.807) is 24.1 Å². The van der Waals surface area contributed by atoms with Gasteiger partial charge in [-0.2, -0.15) is 5.10 Å². The van der Waals surface area contributed by atoms with Gasteiger partial charge in [0.25, 0.3) is 0 Å². The molecular weight excluding hydrogens is 278 g/mol. The highest BCUT2D eigenvalue weighted by molar-refractivity contribution is 5.95. The molecule has 2 aromatic rings. The van der Waals surface area contributed by atoms with E-state index in [4.69, 9.17) is 0 Å². The van der Waals surface area contributed by atoms with Crippen molar-refractivity contribution in [1.82, 2.24) is 19.7 Å². The van der Waals surface area contributed by atoms with E-state index in [0.717, 1.165) is 18.1 Å². The van der Waals surface area contributed by atoms with Crippen molar-refractivity contribution in [1.29, 1.82) is 0 Å². The number of anilines is 1. The van der Waals surface area contributed by atoms with E-state index < -0.39 is 0 Å². The standard InChI is InChI=1S/C16H21N5O/c1-11-6-4-5-7-20(11)15-8-16(18-10-17-15)21-12(2)14(9-19-21)13(3)22/h8-11H,4-7H2,1-3H3/t11-/m0/s1. The Hall–Kier alpha value is -2.24. The van der Waals surface area contributed by atoms with E-state index in [1.165, 1.54) is 19.3 Å². The number of ketones is 1.